The zero-order valence-corrected chi connectivity index (χ0v) is 13.8. The molecular weight excluding hydrogens is 304 g/mol. The lowest BCUT2D eigenvalue weighted by molar-refractivity contribution is 0.0303. The SMILES string of the molecule is O=C(c1ccc2ncnc(N3CCCCC3)c2c1)N1CCOCC1. The summed E-state index contributed by atoms with van der Waals surface area (Å²) in [4.78, 5) is 25.8. The third-order valence-corrected chi connectivity index (χ3v) is 4.82. The monoisotopic (exact) mass is 326 g/mol. The lowest BCUT2D eigenvalue weighted by Crippen LogP contribution is -2.40. The number of carbonyl (C=O) groups is 1. The van der Waals surface area contributed by atoms with E-state index >= 15 is 0 Å². The van der Waals surface area contributed by atoms with Crippen LogP contribution < -0.4 is 4.90 Å². The van der Waals surface area contributed by atoms with Gasteiger partial charge < -0.3 is 14.5 Å². The fraction of sp³-hybridized carbons (Fsp3) is 0.500. The number of hydrogen-bond acceptors (Lipinski definition) is 5. The van der Waals surface area contributed by atoms with Crippen LogP contribution in [0.4, 0.5) is 5.82 Å². The number of nitrogens with zero attached hydrogens (tertiary/aromatic N) is 4. The zero-order chi connectivity index (χ0) is 16.4. The summed E-state index contributed by atoms with van der Waals surface area (Å²) in [6, 6.07) is 5.75. The Kier molecular flexibility index (Phi) is 4.30. The van der Waals surface area contributed by atoms with Gasteiger partial charge in [-0.1, -0.05) is 0 Å². The Labute approximate surface area is 141 Å². The number of hydrogen-bond donors (Lipinski definition) is 0. The quantitative estimate of drug-likeness (QED) is 0.846. The fourth-order valence-electron chi connectivity index (χ4n) is 3.48. The standard InChI is InChI=1S/C18H22N4O2/c23-18(22-8-10-24-11-9-22)14-4-5-16-15(12-14)17(20-13-19-16)21-6-2-1-3-7-21/h4-5,12-13H,1-3,6-11H2. The van der Waals surface area contributed by atoms with E-state index in [4.69, 9.17) is 4.74 Å². The average Bonchev–Trinajstić information content (AvgIpc) is 2.68. The van der Waals surface area contributed by atoms with Crippen molar-refractivity contribution in [2.45, 2.75) is 19.3 Å². The number of amides is 1. The molecule has 0 spiro atoms. The first-order valence-electron chi connectivity index (χ1n) is 8.70. The number of morpholine rings is 1. The zero-order valence-electron chi connectivity index (χ0n) is 13.8. The van der Waals surface area contributed by atoms with Gasteiger partial charge in [0.25, 0.3) is 5.91 Å². The van der Waals surface area contributed by atoms with Crippen LogP contribution in [0.15, 0.2) is 24.5 Å². The fourth-order valence-corrected chi connectivity index (χ4v) is 3.48. The van der Waals surface area contributed by atoms with E-state index in [1.165, 1.54) is 19.3 Å². The predicted octanol–water partition coefficient (Wildman–Crippen LogP) is 2.09. The Morgan fingerprint density at radius 1 is 1.00 bits per heavy atom. The summed E-state index contributed by atoms with van der Waals surface area (Å²) >= 11 is 0. The Morgan fingerprint density at radius 3 is 2.58 bits per heavy atom. The van der Waals surface area contributed by atoms with Crippen molar-refractivity contribution < 1.29 is 9.53 Å². The number of piperidine rings is 1. The summed E-state index contributed by atoms with van der Waals surface area (Å²) in [5, 5.41) is 0.971. The first-order valence-corrected chi connectivity index (χ1v) is 8.70. The van der Waals surface area contributed by atoms with Crippen molar-refractivity contribution in [1.82, 2.24) is 14.9 Å². The van der Waals surface area contributed by atoms with Crippen LogP contribution in [0.1, 0.15) is 29.6 Å². The molecule has 0 N–H and O–H groups in total. The second-order valence-electron chi connectivity index (χ2n) is 6.38. The molecule has 0 unspecified atom stereocenters. The summed E-state index contributed by atoms with van der Waals surface area (Å²) in [6.07, 6.45) is 5.28. The Hall–Kier alpha value is -2.21. The number of anilines is 1. The third-order valence-electron chi connectivity index (χ3n) is 4.82. The van der Waals surface area contributed by atoms with E-state index in [0.29, 0.717) is 31.9 Å². The minimum atomic E-state index is 0.0636. The van der Waals surface area contributed by atoms with Gasteiger partial charge in [0.2, 0.25) is 0 Å². The van der Waals surface area contributed by atoms with Crippen LogP contribution in [0.3, 0.4) is 0 Å². The van der Waals surface area contributed by atoms with E-state index in [-0.39, 0.29) is 5.91 Å². The van der Waals surface area contributed by atoms with Crippen LogP contribution >= 0.6 is 0 Å². The number of carbonyl (C=O) groups excluding carboxylic acids is 1. The van der Waals surface area contributed by atoms with Gasteiger partial charge in [-0.15, -0.1) is 0 Å². The molecule has 0 atom stereocenters. The molecule has 126 valence electrons. The van der Waals surface area contributed by atoms with E-state index < -0.39 is 0 Å². The van der Waals surface area contributed by atoms with E-state index in [1.807, 2.05) is 23.1 Å². The minimum Gasteiger partial charge on any atom is -0.378 e. The van der Waals surface area contributed by atoms with E-state index in [9.17, 15) is 4.79 Å². The molecule has 6 nitrogen and oxygen atoms in total. The molecule has 4 rings (SSSR count). The van der Waals surface area contributed by atoms with Gasteiger partial charge in [-0.2, -0.15) is 0 Å². The summed E-state index contributed by atoms with van der Waals surface area (Å²) in [5.41, 5.74) is 1.60. The van der Waals surface area contributed by atoms with E-state index in [1.54, 1.807) is 6.33 Å². The Morgan fingerprint density at radius 2 is 1.79 bits per heavy atom. The highest BCUT2D eigenvalue weighted by atomic mass is 16.5. The van der Waals surface area contributed by atoms with Gasteiger partial charge in [0.05, 0.1) is 18.7 Å². The molecular formula is C18H22N4O2. The van der Waals surface area contributed by atoms with Crippen LogP contribution in [-0.2, 0) is 4.74 Å². The lowest BCUT2D eigenvalue weighted by Gasteiger charge is -2.29. The molecule has 6 heteroatoms. The van der Waals surface area contributed by atoms with Crippen LogP contribution in [0.25, 0.3) is 10.9 Å². The molecule has 1 aromatic carbocycles. The molecule has 2 aromatic rings. The number of aromatic nitrogens is 2. The summed E-state index contributed by atoms with van der Waals surface area (Å²) in [7, 11) is 0. The summed E-state index contributed by atoms with van der Waals surface area (Å²) < 4.78 is 5.33. The van der Waals surface area contributed by atoms with Crippen molar-refractivity contribution in [2.75, 3.05) is 44.3 Å². The number of rotatable bonds is 2. The topological polar surface area (TPSA) is 58.6 Å². The van der Waals surface area contributed by atoms with Crippen molar-refractivity contribution in [1.29, 1.82) is 0 Å². The van der Waals surface area contributed by atoms with E-state index in [2.05, 4.69) is 14.9 Å². The van der Waals surface area contributed by atoms with Gasteiger partial charge in [0.1, 0.15) is 12.1 Å². The number of benzene rings is 1. The maximum Gasteiger partial charge on any atom is 0.254 e. The van der Waals surface area contributed by atoms with Gasteiger partial charge in [0.15, 0.2) is 0 Å². The highest BCUT2D eigenvalue weighted by Gasteiger charge is 2.20. The molecule has 0 saturated carbocycles. The molecule has 2 fully saturated rings. The second kappa shape index (κ2) is 6.73. The summed E-state index contributed by atoms with van der Waals surface area (Å²) in [6.45, 7) is 4.58. The molecule has 1 aromatic heterocycles. The number of fused-ring (bicyclic) bond motifs is 1. The molecule has 2 aliphatic heterocycles. The van der Waals surface area contributed by atoms with Gasteiger partial charge in [0, 0.05) is 37.1 Å². The molecule has 0 bridgehead atoms. The normalized spacial score (nSPS) is 18.8. The van der Waals surface area contributed by atoms with E-state index in [0.717, 1.165) is 29.8 Å². The molecule has 24 heavy (non-hydrogen) atoms. The van der Waals surface area contributed by atoms with Crippen molar-refractivity contribution in [3.63, 3.8) is 0 Å². The first kappa shape index (κ1) is 15.3. The number of ether oxygens (including phenoxy) is 1. The highest BCUT2D eigenvalue weighted by molar-refractivity contribution is 6.00. The highest BCUT2D eigenvalue weighted by Crippen LogP contribution is 2.27. The molecule has 2 aliphatic rings. The maximum absolute atomic E-state index is 12.7. The van der Waals surface area contributed by atoms with Gasteiger partial charge in [-0.3, -0.25) is 4.79 Å². The molecule has 1 amide bonds. The minimum absolute atomic E-state index is 0.0636. The van der Waals surface area contributed by atoms with Crippen molar-refractivity contribution in [3.05, 3.63) is 30.1 Å². The van der Waals surface area contributed by atoms with Crippen LogP contribution in [0.2, 0.25) is 0 Å². The van der Waals surface area contributed by atoms with Gasteiger partial charge >= 0.3 is 0 Å². The first-order chi connectivity index (χ1) is 11.8. The smallest absolute Gasteiger partial charge is 0.254 e. The summed E-state index contributed by atoms with van der Waals surface area (Å²) in [5.74, 6) is 1.02. The Balaban J connectivity index is 1.69. The van der Waals surface area contributed by atoms with Gasteiger partial charge in [-0.05, 0) is 37.5 Å². The average molecular weight is 326 g/mol. The van der Waals surface area contributed by atoms with Crippen molar-refractivity contribution >= 4 is 22.6 Å². The second-order valence-corrected chi connectivity index (χ2v) is 6.38. The molecule has 2 saturated heterocycles. The molecule has 0 radical (unpaired) electrons. The molecule has 3 heterocycles. The van der Waals surface area contributed by atoms with Crippen molar-refractivity contribution in [2.24, 2.45) is 0 Å². The third kappa shape index (κ3) is 2.94. The van der Waals surface area contributed by atoms with Crippen molar-refractivity contribution in [3.8, 4) is 0 Å². The largest absolute Gasteiger partial charge is 0.378 e. The predicted molar refractivity (Wildman–Crippen MR) is 92.3 cm³/mol. The Bertz CT molecular complexity index is 737. The lowest BCUT2D eigenvalue weighted by atomic mass is 10.1. The maximum atomic E-state index is 12.7. The van der Waals surface area contributed by atoms with Gasteiger partial charge in [-0.25, -0.2) is 9.97 Å². The van der Waals surface area contributed by atoms with Crippen LogP contribution in [0.5, 0.6) is 0 Å². The molecule has 0 aliphatic carbocycles. The van der Waals surface area contributed by atoms with Crippen LogP contribution in [0, 0.1) is 0 Å². The van der Waals surface area contributed by atoms with Crippen LogP contribution in [-0.4, -0.2) is 60.2 Å².